The van der Waals surface area contributed by atoms with Crippen LogP contribution in [0.15, 0.2) is 48.7 Å². The normalized spacial score (nSPS) is 10.9. The van der Waals surface area contributed by atoms with Crippen LogP contribution in [0.1, 0.15) is 5.82 Å². The summed E-state index contributed by atoms with van der Waals surface area (Å²) in [5.74, 6) is 1.40. The van der Waals surface area contributed by atoms with Crippen LogP contribution in [0.2, 0.25) is 0 Å². The molecule has 0 amide bonds. The van der Waals surface area contributed by atoms with Gasteiger partial charge in [-0.2, -0.15) is 14.8 Å². The van der Waals surface area contributed by atoms with Crippen molar-refractivity contribution in [3.05, 3.63) is 54.5 Å². The van der Waals surface area contributed by atoms with Gasteiger partial charge in [-0.05, 0) is 0 Å². The van der Waals surface area contributed by atoms with Crippen molar-refractivity contribution >= 4 is 11.5 Å². The Morgan fingerprint density at radius 2 is 2.05 bits per heavy atom. The average molecular weight is 292 g/mol. The van der Waals surface area contributed by atoms with Crippen LogP contribution in [-0.2, 0) is 6.54 Å². The molecule has 4 aromatic rings. The Bertz CT molecular complexity index is 882. The first-order valence-electron chi connectivity index (χ1n) is 6.76. The molecule has 0 fully saturated rings. The monoisotopic (exact) mass is 292 g/mol. The third kappa shape index (κ3) is 2.26. The molecule has 3 aromatic heterocycles. The van der Waals surface area contributed by atoms with Gasteiger partial charge in [0.1, 0.15) is 5.82 Å². The molecule has 22 heavy (non-hydrogen) atoms. The predicted molar refractivity (Wildman–Crippen MR) is 79.9 cm³/mol. The van der Waals surface area contributed by atoms with Crippen molar-refractivity contribution in [1.82, 2.24) is 35.2 Å². The fourth-order valence-electron chi connectivity index (χ4n) is 2.22. The summed E-state index contributed by atoms with van der Waals surface area (Å²) in [7, 11) is 0. The minimum absolute atomic E-state index is 0.448. The summed E-state index contributed by atoms with van der Waals surface area (Å²) in [5.41, 5.74) is 2.70. The van der Waals surface area contributed by atoms with Gasteiger partial charge in [0.15, 0.2) is 11.5 Å². The molecule has 0 saturated carbocycles. The summed E-state index contributed by atoms with van der Waals surface area (Å²) in [6.45, 7) is 0.448. The number of nitrogens with one attached hydrogen (secondary N) is 2. The zero-order valence-electron chi connectivity index (χ0n) is 11.5. The zero-order chi connectivity index (χ0) is 14.8. The van der Waals surface area contributed by atoms with E-state index in [1.54, 1.807) is 10.7 Å². The van der Waals surface area contributed by atoms with E-state index in [9.17, 15) is 0 Å². The summed E-state index contributed by atoms with van der Waals surface area (Å²) in [6, 6.07) is 13.8. The smallest absolute Gasteiger partial charge is 0.193 e. The van der Waals surface area contributed by atoms with E-state index in [1.807, 2.05) is 42.5 Å². The van der Waals surface area contributed by atoms with Crippen molar-refractivity contribution < 1.29 is 0 Å². The van der Waals surface area contributed by atoms with Crippen molar-refractivity contribution in [2.45, 2.75) is 6.54 Å². The van der Waals surface area contributed by atoms with Crippen molar-refractivity contribution in [3.63, 3.8) is 0 Å². The fourth-order valence-corrected chi connectivity index (χ4v) is 2.22. The van der Waals surface area contributed by atoms with Gasteiger partial charge in [0.05, 0.1) is 18.4 Å². The molecule has 0 spiro atoms. The first-order chi connectivity index (χ1) is 10.9. The number of fused-ring (bicyclic) bond motifs is 1. The molecule has 0 unspecified atom stereocenters. The van der Waals surface area contributed by atoms with E-state index in [-0.39, 0.29) is 0 Å². The fraction of sp³-hybridized carbons (Fsp3) is 0.0714. The topological polar surface area (TPSA) is 96.7 Å². The lowest BCUT2D eigenvalue weighted by Crippen LogP contribution is -2.07. The van der Waals surface area contributed by atoms with Crippen molar-refractivity contribution in [3.8, 4) is 11.3 Å². The largest absolute Gasteiger partial charge is 0.362 e. The standard InChI is InChI=1S/C14H12N8/c1-2-4-10(5-3-1)11-8-14(15-9-12-18-20-21-19-12)22-13(17-11)6-7-16-22/h1-8,15H,9H2,(H,18,19,20,21). The Kier molecular flexibility index (Phi) is 2.97. The molecule has 8 heteroatoms. The maximum atomic E-state index is 4.62. The van der Waals surface area contributed by atoms with Gasteiger partial charge in [-0.3, -0.25) is 0 Å². The van der Waals surface area contributed by atoms with Crippen LogP contribution in [0.3, 0.4) is 0 Å². The lowest BCUT2D eigenvalue weighted by molar-refractivity contribution is 0.881. The van der Waals surface area contributed by atoms with Gasteiger partial charge in [-0.15, -0.1) is 10.2 Å². The molecule has 0 aliphatic carbocycles. The van der Waals surface area contributed by atoms with E-state index in [1.165, 1.54) is 0 Å². The number of aromatic amines is 1. The molecule has 8 nitrogen and oxygen atoms in total. The van der Waals surface area contributed by atoms with Gasteiger partial charge in [0.25, 0.3) is 0 Å². The van der Waals surface area contributed by atoms with Gasteiger partial charge in [0.2, 0.25) is 0 Å². The average Bonchev–Trinajstić information content (AvgIpc) is 3.24. The highest BCUT2D eigenvalue weighted by Gasteiger charge is 2.08. The van der Waals surface area contributed by atoms with Crippen molar-refractivity contribution in [2.75, 3.05) is 5.32 Å². The highest BCUT2D eigenvalue weighted by molar-refractivity contribution is 5.66. The second-order valence-corrected chi connectivity index (χ2v) is 4.68. The number of tetrazole rings is 1. The summed E-state index contributed by atoms with van der Waals surface area (Å²) in [4.78, 5) is 4.62. The Balaban J connectivity index is 1.74. The zero-order valence-corrected chi connectivity index (χ0v) is 11.5. The summed E-state index contributed by atoms with van der Waals surface area (Å²) in [5, 5.41) is 21.4. The quantitative estimate of drug-likeness (QED) is 0.592. The van der Waals surface area contributed by atoms with Gasteiger partial charge in [-0.25, -0.2) is 4.98 Å². The predicted octanol–water partition coefficient (Wildman–Crippen LogP) is 1.52. The van der Waals surface area contributed by atoms with Crippen molar-refractivity contribution in [1.29, 1.82) is 0 Å². The maximum absolute atomic E-state index is 4.62. The minimum atomic E-state index is 0.448. The molecular weight excluding hydrogens is 280 g/mol. The second-order valence-electron chi connectivity index (χ2n) is 4.68. The molecule has 0 bridgehead atoms. The van der Waals surface area contributed by atoms with E-state index in [0.717, 1.165) is 22.7 Å². The molecule has 2 N–H and O–H groups in total. The lowest BCUT2D eigenvalue weighted by atomic mass is 10.1. The summed E-state index contributed by atoms with van der Waals surface area (Å²) in [6.07, 6.45) is 1.72. The molecule has 0 saturated heterocycles. The molecule has 0 aliphatic rings. The SMILES string of the molecule is c1ccc(-c2cc(NCc3nn[nH]n3)n3nccc3n2)cc1. The Morgan fingerprint density at radius 3 is 2.86 bits per heavy atom. The molecular formula is C14H12N8. The molecule has 1 aromatic carbocycles. The number of benzene rings is 1. The highest BCUT2D eigenvalue weighted by atomic mass is 15.5. The van der Waals surface area contributed by atoms with Gasteiger partial charge in [0, 0.05) is 17.7 Å². The number of nitrogens with zero attached hydrogens (tertiary/aromatic N) is 6. The van der Waals surface area contributed by atoms with E-state index in [0.29, 0.717) is 12.4 Å². The van der Waals surface area contributed by atoms with Gasteiger partial charge in [-0.1, -0.05) is 35.5 Å². The number of hydrogen-bond acceptors (Lipinski definition) is 6. The van der Waals surface area contributed by atoms with Crippen LogP contribution in [0, 0.1) is 0 Å². The number of anilines is 1. The van der Waals surface area contributed by atoms with E-state index < -0.39 is 0 Å². The van der Waals surface area contributed by atoms with Gasteiger partial charge < -0.3 is 5.32 Å². The number of hydrogen-bond donors (Lipinski definition) is 2. The maximum Gasteiger partial charge on any atom is 0.193 e. The molecule has 108 valence electrons. The van der Waals surface area contributed by atoms with Crippen LogP contribution in [-0.4, -0.2) is 35.2 Å². The second kappa shape index (κ2) is 5.24. The van der Waals surface area contributed by atoms with Crippen LogP contribution in [0.25, 0.3) is 16.9 Å². The lowest BCUT2D eigenvalue weighted by Gasteiger charge is -2.09. The molecule has 0 radical (unpaired) electrons. The number of H-pyrrole nitrogens is 1. The molecule has 0 aliphatic heterocycles. The summed E-state index contributed by atoms with van der Waals surface area (Å²) >= 11 is 0. The third-order valence-electron chi connectivity index (χ3n) is 3.25. The van der Waals surface area contributed by atoms with Crippen molar-refractivity contribution in [2.24, 2.45) is 0 Å². The number of aromatic nitrogens is 7. The molecule has 0 atom stereocenters. The van der Waals surface area contributed by atoms with E-state index >= 15 is 0 Å². The highest BCUT2D eigenvalue weighted by Crippen LogP contribution is 2.22. The van der Waals surface area contributed by atoms with Crippen LogP contribution < -0.4 is 5.32 Å². The Morgan fingerprint density at radius 1 is 1.14 bits per heavy atom. The molecule has 3 heterocycles. The van der Waals surface area contributed by atoms with Crippen LogP contribution >= 0.6 is 0 Å². The van der Waals surface area contributed by atoms with Gasteiger partial charge >= 0.3 is 0 Å². The number of rotatable bonds is 4. The first kappa shape index (κ1) is 12.5. The molecule has 4 rings (SSSR count). The minimum Gasteiger partial charge on any atom is -0.362 e. The summed E-state index contributed by atoms with van der Waals surface area (Å²) < 4.78 is 1.74. The Labute approximate surface area is 125 Å². The Hall–Kier alpha value is -3.29. The van der Waals surface area contributed by atoms with E-state index in [2.05, 4.69) is 36.0 Å². The van der Waals surface area contributed by atoms with Crippen LogP contribution in [0.4, 0.5) is 5.82 Å². The first-order valence-corrected chi connectivity index (χ1v) is 6.76. The van der Waals surface area contributed by atoms with E-state index in [4.69, 9.17) is 0 Å². The third-order valence-corrected chi connectivity index (χ3v) is 3.25. The van der Waals surface area contributed by atoms with Crippen LogP contribution in [0.5, 0.6) is 0 Å².